The minimum absolute atomic E-state index is 0.0175. The number of methoxy groups -OCH3 is 1. The predicted octanol–water partition coefficient (Wildman–Crippen LogP) is 6.70. The molecule has 2 N–H and O–H groups in total. The van der Waals surface area contributed by atoms with E-state index < -0.39 is 29.5 Å². The maximum Gasteiger partial charge on any atom is 0.410 e. The molecule has 1 atom stereocenters. The standard InChI is InChI=1S/C17H23NO6.C9H11FOS.C2H6/c1-10(2)15(20)14-12(19)9-13(24-16(14)21)11(3)7-5-6-8-18-17(22)23-4;1-2-7-3-4-8(12-7)5-6-9(10)11;1-2/h6,8-11,19H,5,7H2,1-4H3,(H,18,22);3-4H,2,5-6H2,1H3;1-2H3/b8-6+;;. The van der Waals surface area contributed by atoms with Crippen molar-refractivity contribution in [2.75, 3.05) is 7.11 Å². The summed E-state index contributed by atoms with van der Waals surface area (Å²) >= 11 is 1.66. The van der Waals surface area contributed by atoms with Crippen LogP contribution in [0.3, 0.4) is 0 Å². The van der Waals surface area contributed by atoms with Crippen molar-refractivity contribution < 1.29 is 33.0 Å². The van der Waals surface area contributed by atoms with Crippen molar-refractivity contribution in [2.24, 2.45) is 5.92 Å². The number of carbonyl (C=O) groups is 3. The number of amides is 1. The average molecular weight is 554 g/mol. The zero-order chi connectivity index (χ0) is 29.3. The molecule has 2 rings (SSSR count). The van der Waals surface area contributed by atoms with Gasteiger partial charge in [-0.05, 0) is 37.8 Å². The fraction of sp³-hybridized carbons (Fsp3) is 0.500. The summed E-state index contributed by atoms with van der Waals surface area (Å²) in [6.07, 6.45) is 5.46. The Labute approximate surface area is 227 Å². The highest BCUT2D eigenvalue weighted by Crippen LogP contribution is 2.26. The summed E-state index contributed by atoms with van der Waals surface area (Å²) in [5.41, 5.74) is -1.12. The second kappa shape index (κ2) is 18.9. The maximum atomic E-state index is 12.0. The highest BCUT2D eigenvalue weighted by Gasteiger charge is 2.22. The molecule has 0 radical (unpaired) electrons. The number of hydrogen-bond acceptors (Lipinski definition) is 8. The topological polar surface area (TPSA) is 123 Å². The van der Waals surface area contributed by atoms with Crippen molar-refractivity contribution >= 4 is 29.3 Å². The van der Waals surface area contributed by atoms with Crippen LogP contribution >= 0.6 is 11.3 Å². The fourth-order valence-electron chi connectivity index (χ4n) is 2.98. The van der Waals surface area contributed by atoms with Gasteiger partial charge in [-0.25, -0.2) is 9.59 Å². The first-order valence-electron chi connectivity index (χ1n) is 12.7. The van der Waals surface area contributed by atoms with E-state index in [-0.39, 0.29) is 23.7 Å². The highest BCUT2D eigenvalue weighted by atomic mass is 32.1. The summed E-state index contributed by atoms with van der Waals surface area (Å²) in [5.74, 6) is -1.04. The number of allylic oxidation sites excluding steroid dienone is 1. The van der Waals surface area contributed by atoms with Gasteiger partial charge in [0.2, 0.25) is 0 Å². The monoisotopic (exact) mass is 553 g/mol. The van der Waals surface area contributed by atoms with E-state index in [4.69, 9.17) is 4.42 Å². The molecule has 0 aromatic carbocycles. The van der Waals surface area contributed by atoms with Crippen molar-refractivity contribution in [1.29, 1.82) is 0 Å². The molecular formula is C28H40FNO7S. The van der Waals surface area contributed by atoms with Crippen LogP contribution < -0.4 is 10.9 Å². The summed E-state index contributed by atoms with van der Waals surface area (Å²) in [6, 6.07) is 4.09. The number of aromatic hydroxyl groups is 1. The Kier molecular flexibility index (Phi) is 17.3. The van der Waals surface area contributed by atoms with Gasteiger partial charge in [-0.1, -0.05) is 47.6 Å². The molecule has 1 amide bonds. The fourth-order valence-corrected chi connectivity index (χ4v) is 3.94. The number of aryl methyl sites for hydroxylation is 2. The van der Waals surface area contributed by atoms with E-state index >= 15 is 0 Å². The first-order chi connectivity index (χ1) is 18.0. The third kappa shape index (κ3) is 12.8. The van der Waals surface area contributed by atoms with E-state index in [1.807, 2.05) is 32.9 Å². The van der Waals surface area contributed by atoms with Crippen LogP contribution in [0.25, 0.3) is 0 Å². The highest BCUT2D eigenvalue weighted by molar-refractivity contribution is 7.11. The van der Waals surface area contributed by atoms with E-state index in [1.165, 1.54) is 24.3 Å². The van der Waals surface area contributed by atoms with Crippen LogP contribution in [0.1, 0.15) is 92.6 Å². The van der Waals surface area contributed by atoms with Gasteiger partial charge in [0, 0.05) is 40.3 Å². The Balaban J connectivity index is 0.000000815. The number of carbonyl (C=O) groups excluding carboxylic acids is 3. The van der Waals surface area contributed by atoms with Gasteiger partial charge in [0.05, 0.1) is 7.11 Å². The number of halogens is 1. The molecule has 2 heterocycles. The molecule has 212 valence electrons. The van der Waals surface area contributed by atoms with Crippen LogP contribution in [-0.4, -0.2) is 30.1 Å². The molecule has 0 aliphatic heterocycles. The van der Waals surface area contributed by atoms with Crippen LogP contribution in [0, 0.1) is 5.92 Å². The number of alkyl carbamates (subject to hydrolysis) is 1. The molecule has 0 aliphatic rings. The Bertz CT molecular complexity index is 1100. The molecule has 0 saturated heterocycles. The van der Waals surface area contributed by atoms with Gasteiger partial charge in [-0.3, -0.25) is 14.9 Å². The predicted molar refractivity (Wildman–Crippen MR) is 148 cm³/mol. The van der Waals surface area contributed by atoms with E-state index in [0.29, 0.717) is 25.0 Å². The first-order valence-corrected chi connectivity index (χ1v) is 13.5. The Morgan fingerprint density at radius 1 is 1.18 bits per heavy atom. The Morgan fingerprint density at radius 3 is 2.32 bits per heavy atom. The zero-order valence-corrected chi connectivity index (χ0v) is 24.1. The molecule has 2 aromatic heterocycles. The molecular weight excluding hydrogens is 513 g/mol. The summed E-state index contributed by atoms with van der Waals surface area (Å²) in [4.78, 5) is 47.2. The lowest BCUT2D eigenvalue weighted by molar-refractivity contribution is -0.129. The van der Waals surface area contributed by atoms with E-state index in [1.54, 1.807) is 31.3 Å². The summed E-state index contributed by atoms with van der Waals surface area (Å²) < 4.78 is 21.4. The van der Waals surface area contributed by atoms with Crippen LogP contribution in [0.2, 0.25) is 0 Å². The number of thiophene rings is 1. The van der Waals surface area contributed by atoms with Gasteiger partial charge in [-0.2, -0.15) is 4.39 Å². The lowest BCUT2D eigenvalue weighted by Gasteiger charge is -2.11. The molecule has 38 heavy (non-hydrogen) atoms. The van der Waals surface area contributed by atoms with Gasteiger partial charge in [0.25, 0.3) is 0 Å². The lowest BCUT2D eigenvalue weighted by atomic mass is 9.99. The Hall–Kier alpha value is -3.27. The van der Waals surface area contributed by atoms with Crippen LogP contribution in [0.5, 0.6) is 5.75 Å². The third-order valence-corrected chi connectivity index (χ3v) is 6.40. The molecule has 0 bridgehead atoms. The Morgan fingerprint density at radius 2 is 1.82 bits per heavy atom. The van der Waals surface area contributed by atoms with Crippen LogP contribution in [0.15, 0.2) is 39.7 Å². The number of Topliss-reactive ketones (excluding diaryl/α,β-unsaturated/α-hetero) is 1. The lowest BCUT2D eigenvalue weighted by Crippen LogP contribution is -2.19. The number of ether oxygens (including phenoxy) is 1. The summed E-state index contributed by atoms with van der Waals surface area (Å²) in [5, 5.41) is 12.4. The number of nitrogens with one attached hydrogen (secondary N) is 1. The van der Waals surface area contributed by atoms with Gasteiger partial charge >= 0.3 is 17.8 Å². The molecule has 0 spiro atoms. The summed E-state index contributed by atoms with van der Waals surface area (Å²) in [7, 11) is 1.27. The minimum Gasteiger partial charge on any atom is -0.507 e. The van der Waals surface area contributed by atoms with E-state index in [0.717, 1.165) is 11.3 Å². The molecule has 2 aromatic rings. The molecule has 1 unspecified atom stereocenters. The van der Waals surface area contributed by atoms with Crippen LogP contribution in [0.4, 0.5) is 9.18 Å². The second-order valence-corrected chi connectivity index (χ2v) is 9.56. The normalized spacial score (nSPS) is 11.2. The van der Waals surface area contributed by atoms with Crippen molar-refractivity contribution in [3.8, 4) is 5.75 Å². The zero-order valence-electron chi connectivity index (χ0n) is 23.3. The van der Waals surface area contributed by atoms with Crippen molar-refractivity contribution in [3.63, 3.8) is 0 Å². The van der Waals surface area contributed by atoms with Crippen molar-refractivity contribution in [1.82, 2.24) is 5.32 Å². The maximum absolute atomic E-state index is 12.0. The number of rotatable bonds is 11. The molecule has 0 aliphatic carbocycles. The van der Waals surface area contributed by atoms with E-state index in [2.05, 4.69) is 17.0 Å². The van der Waals surface area contributed by atoms with Crippen molar-refractivity contribution in [2.45, 2.75) is 79.6 Å². The smallest absolute Gasteiger partial charge is 0.410 e. The van der Waals surface area contributed by atoms with Crippen molar-refractivity contribution in [3.05, 3.63) is 62.0 Å². The van der Waals surface area contributed by atoms with Gasteiger partial charge in [-0.15, -0.1) is 11.3 Å². The van der Waals surface area contributed by atoms with Gasteiger partial charge in [0.15, 0.2) is 5.78 Å². The SMILES string of the molecule is CC.CCc1ccc(CCC(=O)F)s1.COC(=O)N/C=C/CCC(C)c1cc(O)c(C(=O)C(C)C)c(=O)o1. The van der Waals surface area contributed by atoms with E-state index in [9.17, 15) is 28.7 Å². The molecule has 0 fully saturated rings. The largest absolute Gasteiger partial charge is 0.507 e. The second-order valence-electron chi connectivity index (χ2n) is 8.31. The van der Waals surface area contributed by atoms with Crippen LogP contribution in [-0.2, 0) is 22.4 Å². The molecule has 10 heteroatoms. The molecule has 0 saturated carbocycles. The van der Waals surface area contributed by atoms with Gasteiger partial charge < -0.3 is 14.3 Å². The molecule has 8 nitrogen and oxygen atoms in total. The average Bonchev–Trinajstić information content (AvgIpc) is 3.36. The minimum atomic E-state index is -1.22. The third-order valence-electron chi connectivity index (χ3n) is 5.11. The van der Waals surface area contributed by atoms with Gasteiger partial charge in [0.1, 0.15) is 17.1 Å². The quantitative estimate of drug-likeness (QED) is 0.234. The number of hydrogen-bond donors (Lipinski definition) is 2. The number of ketones is 1. The first kappa shape index (κ1) is 34.7. The summed E-state index contributed by atoms with van der Waals surface area (Å²) in [6.45, 7) is 11.2.